The number of nitrogens with one attached hydrogen (secondary N) is 1. The van der Waals surface area contributed by atoms with Crippen molar-refractivity contribution in [3.63, 3.8) is 0 Å². The lowest BCUT2D eigenvalue weighted by atomic mass is 9.89. The highest BCUT2D eigenvalue weighted by Crippen LogP contribution is 2.34. The first-order valence-electron chi connectivity index (χ1n) is 11.1. The molecule has 4 rings (SSSR count). The lowest BCUT2D eigenvalue weighted by Gasteiger charge is -2.36. The molecule has 2 heterocycles. The van der Waals surface area contributed by atoms with Gasteiger partial charge in [-0.15, -0.1) is 0 Å². The number of hydrogen-bond acceptors (Lipinski definition) is 4. The molecule has 0 saturated carbocycles. The summed E-state index contributed by atoms with van der Waals surface area (Å²) in [6, 6.07) is 19.9. The Balaban J connectivity index is 1.51. The maximum Gasteiger partial charge on any atom is 0.246 e. The van der Waals surface area contributed by atoms with Crippen LogP contribution in [-0.2, 0) is 22.4 Å². The molecule has 6 nitrogen and oxygen atoms in total. The van der Waals surface area contributed by atoms with E-state index >= 15 is 0 Å². The van der Waals surface area contributed by atoms with Crippen molar-refractivity contribution in [1.82, 2.24) is 15.4 Å². The molecule has 1 N–H and O–H groups in total. The van der Waals surface area contributed by atoms with Gasteiger partial charge in [-0.2, -0.15) is 0 Å². The van der Waals surface area contributed by atoms with Gasteiger partial charge in [-0.05, 0) is 31.7 Å². The van der Waals surface area contributed by atoms with E-state index in [1.54, 1.807) is 4.90 Å². The zero-order valence-electron chi connectivity index (χ0n) is 18.6. The van der Waals surface area contributed by atoms with Crippen molar-refractivity contribution in [2.45, 2.75) is 45.1 Å². The molecule has 1 aliphatic heterocycles. The Morgan fingerprint density at radius 1 is 1.12 bits per heavy atom. The molecule has 166 valence electrons. The molecule has 2 amide bonds. The Bertz CT molecular complexity index is 1090. The molecule has 1 aromatic heterocycles. The fraction of sp³-hybridized carbons (Fsp3) is 0.346. The van der Waals surface area contributed by atoms with Crippen LogP contribution in [0, 0.1) is 6.92 Å². The number of nitrogens with zero attached hydrogens (tertiary/aromatic N) is 2. The molecule has 32 heavy (non-hydrogen) atoms. The molecule has 0 aliphatic carbocycles. The Kier molecular flexibility index (Phi) is 6.40. The van der Waals surface area contributed by atoms with Gasteiger partial charge in [-0.25, -0.2) is 0 Å². The van der Waals surface area contributed by atoms with Crippen LogP contribution in [0.15, 0.2) is 65.2 Å². The maximum absolute atomic E-state index is 13.5. The summed E-state index contributed by atoms with van der Waals surface area (Å²) in [4.78, 5) is 27.6. The van der Waals surface area contributed by atoms with E-state index in [2.05, 4.69) is 35.6 Å². The van der Waals surface area contributed by atoms with Crippen LogP contribution in [0.25, 0.3) is 11.3 Å². The van der Waals surface area contributed by atoms with Gasteiger partial charge in [0.1, 0.15) is 17.0 Å². The smallest absolute Gasteiger partial charge is 0.246 e. The fourth-order valence-corrected chi connectivity index (χ4v) is 4.62. The molecule has 0 bridgehead atoms. The monoisotopic (exact) mass is 431 g/mol. The highest BCUT2D eigenvalue weighted by molar-refractivity contribution is 5.92. The number of aryl methyl sites for hydroxylation is 1. The minimum atomic E-state index is -0.952. The highest BCUT2D eigenvalue weighted by atomic mass is 16.5. The zero-order valence-corrected chi connectivity index (χ0v) is 18.6. The summed E-state index contributed by atoms with van der Waals surface area (Å²) in [5.74, 6) is 0.375. The van der Waals surface area contributed by atoms with Crippen molar-refractivity contribution >= 4 is 11.8 Å². The van der Waals surface area contributed by atoms with Crippen molar-refractivity contribution in [2.24, 2.45) is 0 Å². The van der Waals surface area contributed by atoms with Crippen LogP contribution in [0.5, 0.6) is 0 Å². The molecular formula is C26H29N3O3. The number of rotatable bonds is 7. The van der Waals surface area contributed by atoms with Crippen molar-refractivity contribution in [1.29, 1.82) is 0 Å². The summed E-state index contributed by atoms with van der Waals surface area (Å²) in [5, 5.41) is 7.27. The predicted octanol–water partition coefficient (Wildman–Crippen LogP) is 3.93. The predicted molar refractivity (Wildman–Crippen MR) is 123 cm³/mol. The molecule has 0 unspecified atom stereocenters. The summed E-state index contributed by atoms with van der Waals surface area (Å²) < 4.78 is 5.60. The lowest BCUT2D eigenvalue weighted by molar-refractivity contribution is -0.143. The number of benzene rings is 2. The van der Waals surface area contributed by atoms with Crippen LogP contribution in [0.4, 0.5) is 0 Å². The quantitative estimate of drug-likeness (QED) is 0.615. The minimum absolute atomic E-state index is 0.0980. The molecule has 1 atom stereocenters. The van der Waals surface area contributed by atoms with E-state index in [9.17, 15) is 9.59 Å². The summed E-state index contributed by atoms with van der Waals surface area (Å²) in [7, 11) is 0. The Morgan fingerprint density at radius 2 is 1.94 bits per heavy atom. The number of carbonyl (C=O) groups is 2. The van der Waals surface area contributed by atoms with E-state index in [-0.39, 0.29) is 11.8 Å². The molecule has 0 spiro atoms. The number of carbonyl (C=O) groups excluding carboxylic acids is 2. The van der Waals surface area contributed by atoms with Gasteiger partial charge in [0.15, 0.2) is 0 Å². The summed E-state index contributed by atoms with van der Waals surface area (Å²) >= 11 is 0. The second kappa shape index (κ2) is 9.39. The van der Waals surface area contributed by atoms with Gasteiger partial charge in [0.05, 0.1) is 0 Å². The van der Waals surface area contributed by atoms with Crippen molar-refractivity contribution in [3.05, 3.63) is 77.6 Å². The van der Waals surface area contributed by atoms with E-state index < -0.39 is 5.54 Å². The molecular weight excluding hydrogens is 402 g/mol. The van der Waals surface area contributed by atoms with Gasteiger partial charge >= 0.3 is 0 Å². The molecule has 1 aliphatic rings. The second-order valence-corrected chi connectivity index (χ2v) is 8.52. The average Bonchev–Trinajstić information content (AvgIpc) is 3.43. The SMILES string of the molecule is CC(=O)N1CCC[C@@]1(Cc1cc(-c2ccccc2)no1)C(=O)NCCc1cccc(C)c1. The zero-order chi connectivity index (χ0) is 22.6. The third-order valence-corrected chi connectivity index (χ3v) is 6.17. The van der Waals surface area contributed by atoms with Crippen molar-refractivity contribution < 1.29 is 14.1 Å². The van der Waals surface area contributed by atoms with Crippen LogP contribution in [-0.4, -0.2) is 40.5 Å². The molecule has 1 saturated heterocycles. The third-order valence-electron chi connectivity index (χ3n) is 6.17. The van der Waals surface area contributed by atoms with E-state index in [0.29, 0.717) is 31.7 Å². The number of likely N-dealkylation sites (tertiary alicyclic amines) is 1. The first-order chi connectivity index (χ1) is 15.5. The first-order valence-corrected chi connectivity index (χ1v) is 11.1. The standard InChI is InChI=1S/C26H29N3O3/c1-19-8-6-9-21(16-19)12-14-27-25(31)26(13-7-15-29(26)20(2)30)18-23-17-24(28-32-23)22-10-4-3-5-11-22/h3-6,8-11,16-17H,7,12-15,18H2,1-2H3,(H,27,31)/t26-/m1/s1. The van der Waals surface area contributed by atoms with Gasteiger partial charge in [0, 0.05) is 38.1 Å². The Hall–Kier alpha value is -3.41. The van der Waals surface area contributed by atoms with Crippen LogP contribution < -0.4 is 5.32 Å². The van der Waals surface area contributed by atoms with Gasteiger partial charge in [-0.1, -0.05) is 65.3 Å². The summed E-state index contributed by atoms with van der Waals surface area (Å²) in [6.45, 7) is 4.67. The maximum atomic E-state index is 13.5. The van der Waals surface area contributed by atoms with Crippen molar-refractivity contribution in [2.75, 3.05) is 13.1 Å². The van der Waals surface area contributed by atoms with E-state index in [1.165, 1.54) is 18.1 Å². The number of amides is 2. The first kappa shape index (κ1) is 21.8. The van der Waals surface area contributed by atoms with Gasteiger partial charge < -0.3 is 14.7 Å². The normalized spacial score (nSPS) is 18.0. The van der Waals surface area contributed by atoms with E-state index in [0.717, 1.165) is 24.1 Å². The lowest BCUT2D eigenvalue weighted by Crippen LogP contribution is -2.58. The largest absolute Gasteiger partial charge is 0.361 e. The molecule has 0 radical (unpaired) electrons. The van der Waals surface area contributed by atoms with Crippen LogP contribution in [0.3, 0.4) is 0 Å². The average molecular weight is 432 g/mol. The number of aromatic nitrogens is 1. The minimum Gasteiger partial charge on any atom is -0.361 e. The van der Waals surface area contributed by atoms with Gasteiger partial charge in [0.25, 0.3) is 0 Å². The Labute approximate surface area is 188 Å². The van der Waals surface area contributed by atoms with Crippen LogP contribution >= 0.6 is 0 Å². The molecule has 1 fully saturated rings. The van der Waals surface area contributed by atoms with E-state index in [1.807, 2.05) is 42.5 Å². The molecule has 6 heteroatoms. The van der Waals surface area contributed by atoms with Crippen molar-refractivity contribution in [3.8, 4) is 11.3 Å². The number of hydrogen-bond donors (Lipinski definition) is 1. The molecule has 3 aromatic rings. The van der Waals surface area contributed by atoms with Crippen LogP contribution in [0.1, 0.15) is 36.7 Å². The van der Waals surface area contributed by atoms with Crippen LogP contribution in [0.2, 0.25) is 0 Å². The Morgan fingerprint density at radius 3 is 2.69 bits per heavy atom. The fourth-order valence-electron chi connectivity index (χ4n) is 4.62. The summed E-state index contributed by atoms with van der Waals surface area (Å²) in [6.07, 6.45) is 2.43. The van der Waals surface area contributed by atoms with E-state index in [4.69, 9.17) is 4.52 Å². The van der Waals surface area contributed by atoms with Gasteiger partial charge in [-0.3, -0.25) is 9.59 Å². The van der Waals surface area contributed by atoms with Gasteiger partial charge in [0.2, 0.25) is 11.8 Å². The highest BCUT2D eigenvalue weighted by Gasteiger charge is 2.49. The molecule has 2 aromatic carbocycles. The second-order valence-electron chi connectivity index (χ2n) is 8.52. The summed E-state index contributed by atoms with van der Waals surface area (Å²) in [5.41, 5.74) is 3.10. The third kappa shape index (κ3) is 4.59. The topological polar surface area (TPSA) is 75.4 Å².